The Morgan fingerprint density at radius 1 is 1.16 bits per heavy atom. The van der Waals surface area contributed by atoms with Gasteiger partial charge in [0.1, 0.15) is 11.2 Å². The number of H-pyrrole nitrogens is 1. The van der Waals surface area contributed by atoms with Crippen molar-refractivity contribution in [1.29, 1.82) is 0 Å². The molecule has 0 spiro atoms. The third-order valence-electron chi connectivity index (χ3n) is 6.25. The van der Waals surface area contributed by atoms with Crippen LogP contribution in [0.15, 0.2) is 87.3 Å². The van der Waals surface area contributed by atoms with E-state index in [0.29, 0.717) is 23.1 Å². The molecule has 4 heterocycles. The number of amides is 1. The van der Waals surface area contributed by atoms with E-state index in [4.69, 9.17) is 5.10 Å². The highest BCUT2D eigenvalue weighted by Crippen LogP contribution is 2.34. The van der Waals surface area contributed by atoms with Gasteiger partial charge in [0.25, 0.3) is 11.5 Å². The molecule has 0 radical (unpaired) electrons. The van der Waals surface area contributed by atoms with Crippen LogP contribution in [0.5, 0.6) is 0 Å². The SMILES string of the molecule is Cc1ccc([C@H]2CC(c3cccs3)=NN2C(=O)CSc2nc3c(cnn3-c3ccc(F)cc3)c(=O)[nH]2)cc1. The summed E-state index contributed by atoms with van der Waals surface area (Å²) in [6, 6.07) is 17.6. The quantitative estimate of drug-likeness (QED) is 0.237. The lowest BCUT2D eigenvalue weighted by atomic mass is 10.00. The Morgan fingerprint density at radius 3 is 2.68 bits per heavy atom. The van der Waals surface area contributed by atoms with Crippen LogP contribution in [0, 0.1) is 12.7 Å². The van der Waals surface area contributed by atoms with Crippen LogP contribution < -0.4 is 5.56 Å². The number of hydrazone groups is 1. The molecule has 0 aliphatic carbocycles. The molecule has 0 bridgehead atoms. The maximum Gasteiger partial charge on any atom is 0.262 e. The lowest BCUT2D eigenvalue weighted by Gasteiger charge is -2.22. The van der Waals surface area contributed by atoms with Crippen LogP contribution in [-0.4, -0.2) is 42.1 Å². The fourth-order valence-electron chi connectivity index (χ4n) is 4.31. The molecule has 0 fully saturated rings. The van der Waals surface area contributed by atoms with Crippen molar-refractivity contribution in [2.24, 2.45) is 5.10 Å². The van der Waals surface area contributed by atoms with E-state index in [1.165, 1.54) is 23.0 Å². The monoisotopic (exact) mass is 544 g/mol. The first-order valence-corrected chi connectivity index (χ1v) is 13.7. The number of aromatic amines is 1. The number of thioether (sulfide) groups is 1. The van der Waals surface area contributed by atoms with Crippen LogP contribution in [0.25, 0.3) is 16.7 Å². The molecule has 5 aromatic rings. The van der Waals surface area contributed by atoms with Gasteiger partial charge in [0.15, 0.2) is 10.8 Å². The van der Waals surface area contributed by atoms with E-state index >= 15 is 0 Å². The predicted molar refractivity (Wildman–Crippen MR) is 146 cm³/mol. The zero-order valence-corrected chi connectivity index (χ0v) is 21.8. The lowest BCUT2D eigenvalue weighted by Crippen LogP contribution is -2.28. The van der Waals surface area contributed by atoms with Gasteiger partial charge >= 0.3 is 0 Å². The molecule has 0 saturated carbocycles. The van der Waals surface area contributed by atoms with E-state index in [1.807, 2.05) is 48.7 Å². The molecule has 0 unspecified atom stereocenters. The number of rotatable bonds is 6. The third-order valence-corrected chi connectivity index (χ3v) is 8.03. The topological polar surface area (TPSA) is 96.2 Å². The molecule has 190 valence electrons. The molecular formula is C27H21FN6O2S2. The molecule has 2 aromatic carbocycles. The van der Waals surface area contributed by atoms with Gasteiger partial charge in [-0.2, -0.15) is 10.2 Å². The molecule has 1 amide bonds. The smallest absolute Gasteiger partial charge is 0.262 e. The number of hydrogen-bond acceptors (Lipinski definition) is 7. The molecule has 3 aromatic heterocycles. The first-order valence-electron chi connectivity index (χ1n) is 11.8. The molecule has 38 heavy (non-hydrogen) atoms. The molecule has 1 N–H and O–H groups in total. The van der Waals surface area contributed by atoms with E-state index in [9.17, 15) is 14.0 Å². The molecule has 0 saturated heterocycles. The van der Waals surface area contributed by atoms with Gasteiger partial charge in [0.2, 0.25) is 0 Å². The first kappa shape index (κ1) is 24.3. The molecular weight excluding hydrogens is 523 g/mol. The summed E-state index contributed by atoms with van der Waals surface area (Å²) < 4.78 is 14.9. The van der Waals surface area contributed by atoms with Gasteiger partial charge in [-0.3, -0.25) is 9.59 Å². The van der Waals surface area contributed by atoms with Crippen LogP contribution in [0.1, 0.15) is 28.5 Å². The van der Waals surface area contributed by atoms with Crippen molar-refractivity contribution in [3.8, 4) is 5.69 Å². The molecule has 8 nitrogen and oxygen atoms in total. The zero-order chi connectivity index (χ0) is 26.2. The van der Waals surface area contributed by atoms with Crippen LogP contribution >= 0.6 is 23.1 Å². The van der Waals surface area contributed by atoms with Crippen molar-refractivity contribution in [2.75, 3.05) is 5.75 Å². The molecule has 1 aliphatic rings. The number of aryl methyl sites for hydroxylation is 1. The number of thiophene rings is 1. The fourth-order valence-corrected chi connectivity index (χ4v) is 5.74. The Hall–Kier alpha value is -4.09. The molecule has 11 heteroatoms. The van der Waals surface area contributed by atoms with Crippen molar-refractivity contribution in [1.82, 2.24) is 24.8 Å². The van der Waals surface area contributed by atoms with Gasteiger partial charge in [0.05, 0.1) is 34.3 Å². The second-order valence-corrected chi connectivity index (χ2v) is 10.7. The Labute approximate surface area is 224 Å². The minimum absolute atomic E-state index is 0.0305. The number of fused-ring (bicyclic) bond motifs is 1. The van der Waals surface area contributed by atoms with Crippen molar-refractivity contribution >= 4 is 45.8 Å². The van der Waals surface area contributed by atoms with E-state index in [-0.39, 0.29) is 34.2 Å². The Balaban J connectivity index is 1.26. The van der Waals surface area contributed by atoms with Crippen LogP contribution in [0.2, 0.25) is 0 Å². The number of aromatic nitrogens is 4. The lowest BCUT2D eigenvalue weighted by molar-refractivity contribution is -0.130. The average molecular weight is 545 g/mol. The zero-order valence-electron chi connectivity index (χ0n) is 20.2. The fraction of sp³-hybridized carbons (Fsp3) is 0.148. The van der Waals surface area contributed by atoms with Gasteiger partial charge < -0.3 is 4.98 Å². The Kier molecular flexibility index (Phi) is 6.38. The van der Waals surface area contributed by atoms with Gasteiger partial charge in [0, 0.05) is 6.42 Å². The number of carbonyl (C=O) groups is 1. The molecule has 6 rings (SSSR count). The van der Waals surface area contributed by atoms with Crippen LogP contribution in [-0.2, 0) is 4.79 Å². The number of halogens is 1. The van der Waals surface area contributed by atoms with Gasteiger partial charge in [-0.15, -0.1) is 11.3 Å². The summed E-state index contributed by atoms with van der Waals surface area (Å²) in [7, 11) is 0. The van der Waals surface area contributed by atoms with E-state index in [0.717, 1.165) is 33.5 Å². The summed E-state index contributed by atoms with van der Waals surface area (Å²) in [5.74, 6) is -0.536. The maximum atomic E-state index is 13.4. The summed E-state index contributed by atoms with van der Waals surface area (Å²) in [5, 5.41) is 13.1. The van der Waals surface area contributed by atoms with E-state index < -0.39 is 0 Å². The van der Waals surface area contributed by atoms with Crippen molar-refractivity contribution in [3.63, 3.8) is 0 Å². The van der Waals surface area contributed by atoms with Crippen molar-refractivity contribution < 1.29 is 9.18 Å². The second kappa shape index (κ2) is 9.99. The summed E-state index contributed by atoms with van der Waals surface area (Å²) in [6.45, 7) is 2.03. The third kappa shape index (κ3) is 4.66. The predicted octanol–water partition coefficient (Wildman–Crippen LogP) is 5.09. The minimum atomic E-state index is -0.374. The second-order valence-electron chi connectivity index (χ2n) is 8.82. The average Bonchev–Trinajstić information content (AvgIpc) is 3.68. The Bertz CT molecular complexity index is 1710. The normalized spacial score (nSPS) is 15.3. The van der Waals surface area contributed by atoms with Gasteiger partial charge in [-0.1, -0.05) is 47.7 Å². The standard InChI is InChI=1S/C27H21FN6O2S2/c1-16-4-6-17(7-5-16)22-13-21(23-3-2-12-37-23)32-34(22)24(35)15-38-27-30-25-20(26(36)31-27)14-29-33(25)19-10-8-18(28)9-11-19/h2-12,14,22H,13,15H2,1H3,(H,30,31,36)/t22-/m1/s1. The van der Waals surface area contributed by atoms with Crippen LogP contribution in [0.3, 0.4) is 0 Å². The molecule has 1 atom stereocenters. The number of hydrogen-bond donors (Lipinski definition) is 1. The summed E-state index contributed by atoms with van der Waals surface area (Å²) >= 11 is 2.72. The minimum Gasteiger partial charge on any atom is -0.301 e. The highest BCUT2D eigenvalue weighted by Gasteiger charge is 2.33. The molecule has 1 aliphatic heterocycles. The van der Waals surface area contributed by atoms with Gasteiger partial charge in [-0.05, 0) is 48.2 Å². The van der Waals surface area contributed by atoms with E-state index in [2.05, 4.69) is 15.1 Å². The first-order chi connectivity index (χ1) is 18.5. The van der Waals surface area contributed by atoms with Crippen molar-refractivity contribution in [2.45, 2.75) is 24.5 Å². The number of benzene rings is 2. The van der Waals surface area contributed by atoms with Crippen LogP contribution in [0.4, 0.5) is 4.39 Å². The maximum absolute atomic E-state index is 13.4. The number of nitrogens with zero attached hydrogens (tertiary/aromatic N) is 5. The Morgan fingerprint density at radius 2 is 1.95 bits per heavy atom. The largest absolute Gasteiger partial charge is 0.301 e. The number of carbonyl (C=O) groups excluding carboxylic acids is 1. The summed E-state index contributed by atoms with van der Waals surface area (Å²) in [6.07, 6.45) is 2.04. The summed E-state index contributed by atoms with van der Waals surface area (Å²) in [5.41, 5.74) is 3.56. The van der Waals surface area contributed by atoms with Gasteiger partial charge in [-0.25, -0.2) is 19.1 Å². The highest BCUT2D eigenvalue weighted by atomic mass is 32.2. The number of nitrogens with one attached hydrogen (secondary N) is 1. The summed E-state index contributed by atoms with van der Waals surface area (Å²) in [4.78, 5) is 34.4. The van der Waals surface area contributed by atoms with Crippen molar-refractivity contribution in [3.05, 3.63) is 104 Å². The van der Waals surface area contributed by atoms with E-state index in [1.54, 1.807) is 28.5 Å². The highest BCUT2D eigenvalue weighted by molar-refractivity contribution is 7.99.